The molecule has 10 heavy (non-hydrogen) atoms. The van der Waals surface area contributed by atoms with E-state index in [0.29, 0.717) is 0 Å². The maximum Gasteiger partial charge on any atom is 0.132 e. The lowest BCUT2D eigenvalue weighted by Gasteiger charge is -2.18. The Balaban J connectivity index is 2.13. The molecule has 2 fully saturated rings. The molecule has 0 spiro atoms. The zero-order chi connectivity index (χ0) is 7.14. The second-order valence-electron chi connectivity index (χ2n) is 2.68. The number of rotatable bonds is 0. The normalized spacial score (nSPS) is 53.4. The van der Waals surface area contributed by atoms with Crippen molar-refractivity contribution in [2.75, 3.05) is 5.75 Å². The Morgan fingerprint density at radius 2 is 2.10 bits per heavy atom. The van der Waals surface area contributed by atoms with E-state index < -0.39 is 12.2 Å². The topological polar surface area (TPSA) is 49.7 Å². The van der Waals surface area contributed by atoms with E-state index in [0.717, 1.165) is 12.2 Å². The van der Waals surface area contributed by atoms with Crippen LogP contribution in [0.4, 0.5) is 0 Å². The molecule has 58 valence electrons. The van der Waals surface area contributed by atoms with Crippen molar-refractivity contribution in [3.8, 4) is 0 Å². The van der Waals surface area contributed by atoms with E-state index in [1.165, 1.54) is 0 Å². The van der Waals surface area contributed by atoms with E-state index in [9.17, 15) is 10.2 Å². The summed E-state index contributed by atoms with van der Waals surface area (Å²) in [5.41, 5.74) is -0.172. The summed E-state index contributed by atoms with van der Waals surface area (Å²) >= 11 is 1.58. The molecule has 0 unspecified atom stereocenters. The van der Waals surface area contributed by atoms with Crippen molar-refractivity contribution < 1.29 is 14.9 Å². The number of aliphatic hydroxyl groups is 2. The van der Waals surface area contributed by atoms with E-state index in [2.05, 4.69) is 0 Å². The van der Waals surface area contributed by atoms with Gasteiger partial charge in [0.2, 0.25) is 0 Å². The van der Waals surface area contributed by atoms with Gasteiger partial charge < -0.3 is 14.9 Å². The summed E-state index contributed by atoms with van der Waals surface area (Å²) in [6, 6.07) is 0. The van der Waals surface area contributed by atoms with Crippen molar-refractivity contribution in [1.29, 1.82) is 0 Å². The lowest BCUT2D eigenvalue weighted by atomic mass is 10.1. The van der Waals surface area contributed by atoms with Crippen molar-refractivity contribution in [2.24, 2.45) is 0 Å². The van der Waals surface area contributed by atoms with Gasteiger partial charge in [0.05, 0.1) is 6.10 Å². The molecule has 2 N–H and O–H groups in total. The molecule has 2 aliphatic rings. The van der Waals surface area contributed by atoms with Crippen LogP contribution in [0.3, 0.4) is 0 Å². The fourth-order valence-corrected chi connectivity index (χ4v) is 2.57. The molecule has 0 aliphatic carbocycles. The molecule has 0 aromatic heterocycles. The van der Waals surface area contributed by atoms with Crippen LogP contribution in [-0.2, 0) is 4.74 Å². The van der Waals surface area contributed by atoms with Gasteiger partial charge in [-0.15, -0.1) is 11.8 Å². The van der Waals surface area contributed by atoms with Gasteiger partial charge >= 0.3 is 0 Å². The predicted molar refractivity (Wildman–Crippen MR) is 37.7 cm³/mol. The lowest BCUT2D eigenvalue weighted by Crippen LogP contribution is -2.29. The van der Waals surface area contributed by atoms with E-state index in [1.807, 2.05) is 0 Å². The van der Waals surface area contributed by atoms with Gasteiger partial charge in [-0.05, 0) is 12.2 Å². The monoisotopic (exact) mass is 162 g/mol. The van der Waals surface area contributed by atoms with Crippen LogP contribution < -0.4 is 0 Å². The number of hydrogen-bond acceptors (Lipinski definition) is 4. The van der Waals surface area contributed by atoms with Crippen molar-refractivity contribution in [2.45, 2.75) is 30.2 Å². The summed E-state index contributed by atoms with van der Waals surface area (Å²) in [7, 11) is 0. The summed E-state index contributed by atoms with van der Waals surface area (Å²) < 4.78 is 5.28. The Hall–Kier alpha value is 0.230. The second-order valence-corrected chi connectivity index (χ2v) is 3.89. The largest absolute Gasteiger partial charge is 0.388 e. The number of fused-ring (bicyclic) bond motifs is 2. The Kier molecular flexibility index (Phi) is 1.64. The van der Waals surface area contributed by atoms with Crippen LogP contribution in [-0.4, -0.2) is 39.7 Å². The van der Waals surface area contributed by atoms with Gasteiger partial charge in [-0.2, -0.15) is 0 Å². The molecule has 0 aromatic carbocycles. The van der Waals surface area contributed by atoms with Crippen molar-refractivity contribution in [3.63, 3.8) is 0 Å². The van der Waals surface area contributed by atoms with Gasteiger partial charge in [0.25, 0.3) is 0 Å². The second kappa shape index (κ2) is 2.37. The molecule has 4 atom stereocenters. The Morgan fingerprint density at radius 1 is 1.30 bits per heavy atom. The number of thioether (sulfide) groups is 1. The molecular formula is C6H10O3S. The lowest BCUT2D eigenvalue weighted by molar-refractivity contribution is 0.0202. The molecule has 3 nitrogen and oxygen atoms in total. The Labute approximate surface area is 63.4 Å². The summed E-state index contributed by atoms with van der Waals surface area (Å²) in [6.45, 7) is 0. The third-order valence-corrected chi connectivity index (χ3v) is 3.19. The van der Waals surface area contributed by atoms with Crippen LogP contribution in [0, 0.1) is 0 Å². The van der Waals surface area contributed by atoms with Crippen molar-refractivity contribution in [3.05, 3.63) is 0 Å². The molecule has 4 heteroatoms. The van der Waals surface area contributed by atoms with E-state index in [1.54, 1.807) is 11.8 Å². The maximum atomic E-state index is 9.28. The van der Waals surface area contributed by atoms with Crippen LogP contribution in [0.25, 0.3) is 0 Å². The van der Waals surface area contributed by atoms with Crippen LogP contribution >= 0.6 is 11.8 Å². The van der Waals surface area contributed by atoms with Crippen molar-refractivity contribution in [1.82, 2.24) is 0 Å². The minimum Gasteiger partial charge on any atom is -0.388 e. The van der Waals surface area contributed by atoms with Crippen LogP contribution in [0.15, 0.2) is 0 Å². The third kappa shape index (κ3) is 0.871. The Morgan fingerprint density at radius 3 is 2.70 bits per heavy atom. The number of ether oxygens (including phenoxy) is 1. The summed E-state index contributed by atoms with van der Waals surface area (Å²) in [5, 5.41) is 18.6. The zero-order valence-electron chi connectivity index (χ0n) is 5.43. The van der Waals surface area contributed by atoms with Gasteiger partial charge in [-0.3, -0.25) is 0 Å². The van der Waals surface area contributed by atoms with Crippen molar-refractivity contribution >= 4 is 11.8 Å². The summed E-state index contributed by atoms with van der Waals surface area (Å²) in [6.07, 6.45) is -0.571. The fourth-order valence-electron chi connectivity index (χ4n) is 1.39. The van der Waals surface area contributed by atoms with Crippen LogP contribution in [0.1, 0.15) is 6.42 Å². The summed E-state index contributed by atoms with van der Waals surface area (Å²) in [4.78, 5) is 0. The Bertz CT molecular complexity index is 123. The number of aliphatic hydroxyl groups excluding tert-OH is 2. The molecule has 0 saturated carbocycles. The quantitative estimate of drug-likeness (QED) is 0.507. The first-order valence-corrected chi connectivity index (χ1v) is 4.47. The van der Waals surface area contributed by atoms with Gasteiger partial charge in [0, 0.05) is 0 Å². The molecule has 2 heterocycles. The molecule has 0 radical (unpaired) electrons. The summed E-state index contributed by atoms with van der Waals surface area (Å²) in [5.74, 6) is 0.990. The smallest absolute Gasteiger partial charge is 0.132 e. The highest BCUT2D eigenvalue weighted by atomic mass is 32.2. The molecule has 0 aromatic rings. The highest BCUT2D eigenvalue weighted by Gasteiger charge is 2.45. The van der Waals surface area contributed by atoms with Crippen LogP contribution in [0.5, 0.6) is 0 Å². The van der Waals surface area contributed by atoms with E-state index in [4.69, 9.17) is 4.74 Å². The molecular weight excluding hydrogens is 152 g/mol. The average Bonchev–Trinajstić information content (AvgIpc) is 2.17. The highest BCUT2D eigenvalue weighted by Crippen LogP contribution is 2.36. The fraction of sp³-hybridized carbons (Fsp3) is 1.00. The minimum absolute atomic E-state index is 0.110. The van der Waals surface area contributed by atoms with Crippen LogP contribution in [0.2, 0.25) is 0 Å². The van der Waals surface area contributed by atoms with Gasteiger partial charge in [-0.1, -0.05) is 0 Å². The molecule has 2 bridgehead atoms. The SMILES string of the molecule is O[C@@H]1[C@@H](O)[C@H]2CCS[C@H]1O2. The molecule has 0 amide bonds. The van der Waals surface area contributed by atoms with Gasteiger partial charge in [0.15, 0.2) is 0 Å². The predicted octanol–water partition coefficient (Wildman–Crippen LogP) is -0.430. The first-order valence-electron chi connectivity index (χ1n) is 3.42. The third-order valence-electron chi connectivity index (χ3n) is 2.00. The van der Waals surface area contributed by atoms with E-state index >= 15 is 0 Å². The molecule has 2 rings (SSSR count). The number of hydrogen-bond donors (Lipinski definition) is 2. The highest BCUT2D eigenvalue weighted by molar-refractivity contribution is 7.99. The van der Waals surface area contributed by atoms with E-state index in [-0.39, 0.29) is 11.5 Å². The minimum atomic E-state index is -0.669. The standard InChI is InChI=1S/C6H10O3S/c7-4-3-1-2-10-6(9-3)5(4)8/h3-8H,1-2H2/t3-,4+,5-,6-/m1/s1. The zero-order valence-corrected chi connectivity index (χ0v) is 6.25. The first-order chi connectivity index (χ1) is 4.79. The average molecular weight is 162 g/mol. The first kappa shape index (κ1) is 6.91. The van der Waals surface area contributed by atoms with Gasteiger partial charge in [0.1, 0.15) is 17.6 Å². The van der Waals surface area contributed by atoms with Gasteiger partial charge in [-0.25, -0.2) is 0 Å². The molecule has 2 aliphatic heterocycles. The molecule has 2 saturated heterocycles. The maximum absolute atomic E-state index is 9.28.